The number of anilines is 1. The summed E-state index contributed by atoms with van der Waals surface area (Å²) in [6.45, 7) is 0.474. The van der Waals surface area contributed by atoms with Crippen LogP contribution in [0.25, 0.3) is 11.0 Å². The van der Waals surface area contributed by atoms with Gasteiger partial charge in [0.15, 0.2) is 5.52 Å². The van der Waals surface area contributed by atoms with E-state index in [0.717, 1.165) is 18.4 Å². The summed E-state index contributed by atoms with van der Waals surface area (Å²) in [6.07, 6.45) is 3.76. The highest BCUT2D eigenvalue weighted by atomic mass is 35.5. The van der Waals surface area contributed by atoms with E-state index in [1.807, 2.05) is 6.07 Å². The molecule has 6 nitrogen and oxygen atoms in total. The number of nitrogens with zero attached hydrogens (tertiary/aromatic N) is 3. The van der Waals surface area contributed by atoms with Gasteiger partial charge in [0.05, 0.1) is 22.3 Å². The molecule has 1 aliphatic rings. The second-order valence-electron chi connectivity index (χ2n) is 5.57. The van der Waals surface area contributed by atoms with Crippen molar-refractivity contribution in [3.63, 3.8) is 0 Å². The Kier molecular flexibility index (Phi) is 3.50. The first-order chi connectivity index (χ1) is 11.1. The highest BCUT2D eigenvalue weighted by Crippen LogP contribution is 2.35. The predicted octanol–water partition coefficient (Wildman–Crippen LogP) is 3.37. The molecule has 23 heavy (non-hydrogen) atoms. The summed E-state index contributed by atoms with van der Waals surface area (Å²) in [5.74, 6) is 0.406. The van der Waals surface area contributed by atoms with E-state index in [2.05, 4.69) is 20.4 Å². The zero-order valence-electron chi connectivity index (χ0n) is 12.0. The predicted molar refractivity (Wildman–Crippen MR) is 90.2 cm³/mol. The second-order valence-corrected chi connectivity index (χ2v) is 6.39. The lowest BCUT2D eigenvalue weighted by Crippen LogP contribution is -2.15. The van der Waals surface area contributed by atoms with E-state index in [9.17, 15) is 4.79 Å². The normalized spacial score (nSPS) is 14.3. The quantitative estimate of drug-likeness (QED) is 0.756. The van der Waals surface area contributed by atoms with Gasteiger partial charge in [-0.1, -0.05) is 29.3 Å². The van der Waals surface area contributed by atoms with Crippen molar-refractivity contribution in [1.29, 1.82) is 0 Å². The van der Waals surface area contributed by atoms with Gasteiger partial charge in [-0.3, -0.25) is 14.5 Å². The van der Waals surface area contributed by atoms with Crippen LogP contribution in [-0.4, -0.2) is 19.7 Å². The molecule has 1 saturated carbocycles. The van der Waals surface area contributed by atoms with Gasteiger partial charge in [-0.25, -0.2) is 4.98 Å². The Morgan fingerprint density at radius 3 is 2.87 bits per heavy atom. The van der Waals surface area contributed by atoms with E-state index in [4.69, 9.17) is 23.2 Å². The Bertz CT molecular complexity index is 945. The van der Waals surface area contributed by atoms with E-state index in [1.165, 1.54) is 0 Å². The van der Waals surface area contributed by atoms with Crippen LogP contribution in [0.4, 0.5) is 5.95 Å². The van der Waals surface area contributed by atoms with Crippen molar-refractivity contribution in [2.24, 2.45) is 0 Å². The molecule has 4 rings (SSSR count). The Morgan fingerprint density at radius 1 is 1.30 bits per heavy atom. The second kappa shape index (κ2) is 5.54. The zero-order chi connectivity index (χ0) is 16.0. The highest BCUT2D eigenvalue weighted by molar-refractivity contribution is 6.42. The van der Waals surface area contributed by atoms with Gasteiger partial charge in [-0.15, -0.1) is 0 Å². The fourth-order valence-electron chi connectivity index (χ4n) is 2.49. The molecule has 0 bridgehead atoms. The SMILES string of the molecule is O=c1[nH]c(NCc2ccc(Cl)c(Cl)c2)nc2cnn(C3CC3)c12. The van der Waals surface area contributed by atoms with Crippen LogP contribution in [0.15, 0.2) is 29.2 Å². The molecule has 0 aliphatic heterocycles. The molecule has 1 fully saturated rings. The third-order valence-electron chi connectivity index (χ3n) is 3.79. The van der Waals surface area contributed by atoms with Gasteiger partial charge < -0.3 is 5.32 Å². The van der Waals surface area contributed by atoms with Crippen molar-refractivity contribution in [2.75, 3.05) is 5.32 Å². The molecular weight excluding hydrogens is 337 g/mol. The summed E-state index contributed by atoms with van der Waals surface area (Å²) in [6, 6.07) is 5.71. The minimum absolute atomic E-state index is 0.184. The largest absolute Gasteiger partial charge is 0.352 e. The van der Waals surface area contributed by atoms with Crippen LogP contribution >= 0.6 is 23.2 Å². The first-order valence-electron chi connectivity index (χ1n) is 7.27. The van der Waals surface area contributed by atoms with Crippen molar-refractivity contribution in [3.05, 3.63) is 50.4 Å². The minimum atomic E-state index is -0.184. The molecule has 0 saturated heterocycles. The summed E-state index contributed by atoms with van der Waals surface area (Å²) in [5, 5.41) is 8.37. The monoisotopic (exact) mass is 349 g/mol. The number of benzene rings is 1. The number of rotatable bonds is 4. The minimum Gasteiger partial charge on any atom is -0.352 e. The summed E-state index contributed by atoms with van der Waals surface area (Å²) in [5.41, 5.74) is 1.89. The maximum Gasteiger partial charge on any atom is 0.278 e. The first kappa shape index (κ1) is 14.5. The van der Waals surface area contributed by atoms with Gasteiger partial charge >= 0.3 is 0 Å². The smallest absolute Gasteiger partial charge is 0.278 e. The molecule has 0 spiro atoms. The van der Waals surface area contributed by atoms with Crippen molar-refractivity contribution in [1.82, 2.24) is 19.7 Å². The maximum atomic E-state index is 12.3. The van der Waals surface area contributed by atoms with E-state index in [-0.39, 0.29) is 5.56 Å². The van der Waals surface area contributed by atoms with Crippen LogP contribution in [0.5, 0.6) is 0 Å². The third kappa shape index (κ3) is 2.80. The number of H-pyrrole nitrogens is 1. The molecule has 0 unspecified atom stereocenters. The number of fused-ring (bicyclic) bond motifs is 1. The van der Waals surface area contributed by atoms with Gasteiger partial charge in [-0.2, -0.15) is 5.10 Å². The fourth-order valence-corrected chi connectivity index (χ4v) is 2.81. The van der Waals surface area contributed by atoms with Gasteiger partial charge in [0, 0.05) is 6.54 Å². The van der Waals surface area contributed by atoms with E-state index < -0.39 is 0 Å². The van der Waals surface area contributed by atoms with Crippen LogP contribution < -0.4 is 10.9 Å². The molecule has 0 atom stereocenters. The molecule has 2 aromatic heterocycles. The zero-order valence-corrected chi connectivity index (χ0v) is 13.5. The van der Waals surface area contributed by atoms with Crippen LogP contribution in [0.3, 0.4) is 0 Å². The lowest BCUT2D eigenvalue weighted by Gasteiger charge is -2.07. The average molecular weight is 350 g/mol. The van der Waals surface area contributed by atoms with Crippen LogP contribution in [0.2, 0.25) is 10.0 Å². The molecule has 2 N–H and O–H groups in total. The van der Waals surface area contributed by atoms with Crippen molar-refractivity contribution >= 4 is 40.2 Å². The van der Waals surface area contributed by atoms with Crippen molar-refractivity contribution < 1.29 is 0 Å². The van der Waals surface area contributed by atoms with E-state index in [1.54, 1.807) is 23.0 Å². The van der Waals surface area contributed by atoms with Gasteiger partial charge in [-0.05, 0) is 30.5 Å². The molecule has 8 heteroatoms. The number of hydrogen-bond donors (Lipinski definition) is 2. The Labute approximate surface area is 141 Å². The number of aromatic amines is 1. The fraction of sp³-hybridized carbons (Fsp3) is 0.267. The van der Waals surface area contributed by atoms with Gasteiger partial charge in [0.1, 0.15) is 5.52 Å². The molecule has 2 heterocycles. The van der Waals surface area contributed by atoms with Gasteiger partial charge in [0.25, 0.3) is 5.56 Å². The Morgan fingerprint density at radius 2 is 2.13 bits per heavy atom. The molecule has 1 aromatic carbocycles. The van der Waals surface area contributed by atoms with Crippen LogP contribution in [0.1, 0.15) is 24.4 Å². The lowest BCUT2D eigenvalue weighted by atomic mass is 10.2. The average Bonchev–Trinajstić information content (AvgIpc) is 3.28. The van der Waals surface area contributed by atoms with Crippen molar-refractivity contribution in [2.45, 2.75) is 25.4 Å². The Hall–Kier alpha value is -2.05. The molecule has 1 aliphatic carbocycles. The van der Waals surface area contributed by atoms with Crippen LogP contribution in [0, 0.1) is 0 Å². The number of aromatic nitrogens is 4. The van der Waals surface area contributed by atoms with E-state index >= 15 is 0 Å². The molecule has 0 amide bonds. The summed E-state index contributed by atoms with van der Waals surface area (Å²) >= 11 is 11.9. The van der Waals surface area contributed by atoms with Gasteiger partial charge in [0.2, 0.25) is 5.95 Å². The summed E-state index contributed by atoms with van der Waals surface area (Å²) in [4.78, 5) is 19.5. The third-order valence-corrected chi connectivity index (χ3v) is 4.53. The molecule has 0 radical (unpaired) electrons. The summed E-state index contributed by atoms with van der Waals surface area (Å²) < 4.78 is 1.77. The molecular formula is C15H13Cl2N5O. The first-order valence-corrected chi connectivity index (χ1v) is 8.03. The standard InChI is InChI=1S/C15H13Cl2N5O/c16-10-4-1-8(5-11(10)17)6-18-15-20-12-7-19-22(9-2-3-9)13(12)14(23)21-15/h1,4-5,7,9H,2-3,6H2,(H2,18,20,21,23). The lowest BCUT2D eigenvalue weighted by molar-refractivity contribution is 0.662. The maximum absolute atomic E-state index is 12.3. The summed E-state index contributed by atoms with van der Waals surface area (Å²) in [7, 11) is 0. The number of halogens is 2. The topological polar surface area (TPSA) is 75.6 Å². The van der Waals surface area contributed by atoms with Crippen LogP contribution in [-0.2, 0) is 6.54 Å². The molecule has 118 valence electrons. The number of hydrogen-bond acceptors (Lipinski definition) is 4. The van der Waals surface area contributed by atoms with E-state index in [0.29, 0.717) is 39.6 Å². The number of nitrogens with one attached hydrogen (secondary N) is 2. The van der Waals surface area contributed by atoms with Crippen molar-refractivity contribution in [3.8, 4) is 0 Å². The Balaban J connectivity index is 1.59. The molecule has 3 aromatic rings. The highest BCUT2D eigenvalue weighted by Gasteiger charge is 2.27.